The molecule has 1 amide bonds. The molecule has 0 saturated carbocycles. The minimum absolute atomic E-state index is 0.0507. The summed E-state index contributed by atoms with van der Waals surface area (Å²) in [6.45, 7) is 2.27. The van der Waals surface area contributed by atoms with Crippen LogP contribution in [0.3, 0.4) is 0 Å². The molecule has 0 unspecified atom stereocenters. The molecule has 0 atom stereocenters. The highest BCUT2D eigenvalue weighted by Gasteiger charge is 2.16. The Morgan fingerprint density at radius 1 is 1.15 bits per heavy atom. The van der Waals surface area contributed by atoms with E-state index in [0.29, 0.717) is 30.3 Å². The number of aryl methyl sites for hydroxylation is 2. The molecule has 0 spiro atoms. The average Bonchev–Trinajstić information content (AvgIpc) is 2.66. The van der Waals surface area contributed by atoms with Crippen LogP contribution in [0.15, 0.2) is 51.7 Å². The van der Waals surface area contributed by atoms with Gasteiger partial charge in [0.05, 0.1) is 10.9 Å². The summed E-state index contributed by atoms with van der Waals surface area (Å²) in [7, 11) is 0. The highest BCUT2D eigenvalue weighted by Crippen LogP contribution is 2.29. The number of hydrogen-bond donors (Lipinski definition) is 3. The molecule has 0 radical (unpaired) electrons. The molecule has 0 bridgehead atoms. The summed E-state index contributed by atoms with van der Waals surface area (Å²) in [6, 6.07) is 12.2. The molecule has 6 heteroatoms. The smallest absolute Gasteiger partial charge is 0.339 e. The summed E-state index contributed by atoms with van der Waals surface area (Å²) in [6.07, 6.45) is 0.742. The summed E-state index contributed by atoms with van der Waals surface area (Å²) >= 11 is 0. The molecule has 6 nitrogen and oxygen atoms in total. The second-order valence-corrected chi connectivity index (χ2v) is 6.43. The van der Waals surface area contributed by atoms with Crippen LogP contribution in [0.1, 0.15) is 33.5 Å². The number of phenols is 1. The maximum Gasteiger partial charge on any atom is 0.339 e. The van der Waals surface area contributed by atoms with Gasteiger partial charge in [0.1, 0.15) is 11.3 Å². The molecule has 1 heterocycles. The van der Waals surface area contributed by atoms with Crippen LogP contribution in [-0.2, 0) is 13.0 Å². The van der Waals surface area contributed by atoms with Crippen molar-refractivity contribution in [2.45, 2.75) is 26.3 Å². The third-order valence-electron chi connectivity index (χ3n) is 4.38. The Kier molecular flexibility index (Phi) is 5.57. The van der Waals surface area contributed by atoms with Crippen molar-refractivity contribution in [2.24, 2.45) is 0 Å². The fourth-order valence-corrected chi connectivity index (χ4v) is 2.83. The number of carbonyl (C=O) groups is 1. The first kappa shape index (κ1) is 18.7. The normalized spacial score (nSPS) is 10.9. The van der Waals surface area contributed by atoms with Crippen LogP contribution in [0.25, 0.3) is 11.0 Å². The molecule has 2 aromatic carbocycles. The topological polar surface area (TPSA) is 99.8 Å². The maximum absolute atomic E-state index is 12.5. The van der Waals surface area contributed by atoms with Crippen LogP contribution in [-0.4, -0.2) is 22.7 Å². The number of aliphatic hydroxyl groups is 1. The van der Waals surface area contributed by atoms with Gasteiger partial charge >= 0.3 is 5.63 Å². The molecule has 0 aliphatic rings. The van der Waals surface area contributed by atoms with Crippen molar-refractivity contribution < 1.29 is 19.4 Å². The lowest BCUT2D eigenvalue weighted by Crippen LogP contribution is -2.23. The molecule has 1 aromatic heterocycles. The van der Waals surface area contributed by atoms with Crippen molar-refractivity contribution in [3.63, 3.8) is 0 Å². The number of nitrogens with one attached hydrogen (secondary N) is 1. The van der Waals surface area contributed by atoms with Gasteiger partial charge < -0.3 is 19.9 Å². The van der Waals surface area contributed by atoms with Crippen LogP contribution in [0.4, 0.5) is 0 Å². The molecule has 3 rings (SSSR count). The fraction of sp³-hybridized carbons (Fsp3) is 0.238. The Labute approximate surface area is 156 Å². The molecule has 27 heavy (non-hydrogen) atoms. The first-order valence-electron chi connectivity index (χ1n) is 8.73. The monoisotopic (exact) mass is 367 g/mol. The first-order chi connectivity index (χ1) is 13.0. The molecule has 0 saturated heterocycles. The van der Waals surface area contributed by atoms with E-state index < -0.39 is 11.5 Å². The van der Waals surface area contributed by atoms with E-state index in [0.717, 1.165) is 11.1 Å². The van der Waals surface area contributed by atoms with Gasteiger partial charge in [-0.3, -0.25) is 4.79 Å². The van der Waals surface area contributed by atoms with Crippen LogP contribution in [0.5, 0.6) is 5.75 Å². The molecular formula is C21H21NO5. The Balaban J connectivity index is 1.86. The molecule has 0 aliphatic carbocycles. The first-order valence-corrected chi connectivity index (χ1v) is 8.73. The SMILES string of the molecule is Cc1ccc(CNC(=O)c2ccc3oc(=O)c(CCCO)cc3c2O)cc1. The largest absolute Gasteiger partial charge is 0.506 e. The number of hydrogen-bond acceptors (Lipinski definition) is 5. The van der Waals surface area contributed by atoms with E-state index in [1.807, 2.05) is 31.2 Å². The van der Waals surface area contributed by atoms with Gasteiger partial charge in [-0.05, 0) is 43.5 Å². The Morgan fingerprint density at radius 2 is 1.89 bits per heavy atom. The molecule has 0 fully saturated rings. The van der Waals surface area contributed by atoms with Gasteiger partial charge in [-0.25, -0.2) is 4.79 Å². The number of rotatable bonds is 6. The number of carbonyl (C=O) groups excluding carboxylic acids is 1. The second kappa shape index (κ2) is 8.05. The summed E-state index contributed by atoms with van der Waals surface area (Å²) < 4.78 is 5.22. The quantitative estimate of drug-likeness (QED) is 0.582. The number of fused-ring (bicyclic) bond motifs is 1. The van der Waals surface area contributed by atoms with Gasteiger partial charge in [-0.2, -0.15) is 0 Å². The van der Waals surface area contributed by atoms with E-state index in [-0.39, 0.29) is 23.5 Å². The number of phenolic OH excluding ortho intramolecular Hbond substituents is 1. The average molecular weight is 367 g/mol. The molecule has 0 aliphatic heterocycles. The Hall–Kier alpha value is -3.12. The Morgan fingerprint density at radius 3 is 2.59 bits per heavy atom. The predicted molar refractivity (Wildman–Crippen MR) is 102 cm³/mol. The minimum Gasteiger partial charge on any atom is -0.506 e. The zero-order valence-corrected chi connectivity index (χ0v) is 15.0. The van der Waals surface area contributed by atoms with E-state index in [9.17, 15) is 14.7 Å². The van der Waals surface area contributed by atoms with Crippen molar-refractivity contribution in [1.82, 2.24) is 5.32 Å². The van der Waals surface area contributed by atoms with Gasteiger partial charge in [0.25, 0.3) is 5.91 Å². The summed E-state index contributed by atoms with van der Waals surface area (Å²) in [5, 5.41) is 22.5. The van der Waals surface area contributed by atoms with Crippen LogP contribution >= 0.6 is 0 Å². The predicted octanol–water partition coefficient (Wildman–Crippen LogP) is 2.66. The molecule has 3 N–H and O–H groups in total. The maximum atomic E-state index is 12.5. The van der Waals surface area contributed by atoms with Gasteiger partial charge in [-0.1, -0.05) is 29.8 Å². The lowest BCUT2D eigenvalue weighted by atomic mass is 10.1. The highest BCUT2D eigenvalue weighted by atomic mass is 16.4. The van der Waals surface area contributed by atoms with E-state index >= 15 is 0 Å². The van der Waals surface area contributed by atoms with Gasteiger partial charge in [0.15, 0.2) is 0 Å². The molecule has 140 valence electrons. The third kappa shape index (κ3) is 4.17. The lowest BCUT2D eigenvalue weighted by Gasteiger charge is -2.10. The van der Waals surface area contributed by atoms with E-state index in [2.05, 4.69) is 5.32 Å². The zero-order valence-electron chi connectivity index (χ0n) is 15.0. The van der Waals surface area contributed by atoms with E-state index in [1.54, 1.807) is 0 Å². The van der Waals surface area contributed by atoms with E-state index in [1.165, 1.54) is 18.2 Å². The van der Waals surface area contributed by atoms with Crippen LogP contribution in [0.2, 0.25) is 0 Å². The lowest BCUT2D eigenvalue weighted by molar-refractivity contribution is 0.0948. The van der Waals surface area contributed by atoms with Crippen molar-refractivity contribution in [3.8, 4) is 5.75 Å². The van der Waals surface area contributed by atoms with E-state index in [4.69, 9.17) is 9.52 Å². The standard InChI is InChI=1S/C21H21NO5/c1-13-4-6-14(7-5-13)12-22-20(25)16-8-9-18-17(19(16)24)11-15(3-2-10-23)21(26)27-18/h4-9,11,23-24H,2-3,10,12H2,1H3,(H,22,25). The number of aromatic hydroxyl groups is 1. The van der Waals surface area contributed by atoms with Crippen LogP contribution in [0, 0.1) is 6.92 Å². The minimum atomic E-state index is -0.507. The van der Waals surface area contributed by atoms with Gasteiger partial charge in [-0.15, -0.1) is 0 Å². The van der Waals surface area contributed by atoms with Gasteiger partial charge in [0, 0.05) is 18.7 Å². The third-order valence-corrected chi connectivity index (χ3v) is 4.38. The zero-order chi connectivity index (χ0) is 19.4. The molecular weight excluding hydrogens is 346 g/mol. The highest BCUT2D eigenvalue weighted by molar-refractivity contribution is 6.02. The number of amides is 1. The summed E-state index contributed by atoms with van der Waals surface area (Å²) in [5.41, 5.74) is 2.25. The fourth-order valence-electron chi connectivity index (χ4n) is 2.83. The summed E-state index contributed by atoms with van der Waals surface area (Å²) in [5.74, 6) is -0.652. The number of aliphatic hydroxyl groups excluding tert-OH is 1. The molecule has 3 aromatic rings. The van der Waals surface area contributed by atoms with Gasteiger partial charge in [0.2, 0.25) is 0 Å². The van der Waals surface area contributed by atoms with Crippen molar-refractivity contribution in [3.05, 3.63) is 75.1 Å². The van der Waals surface area contributed by atoms with Crippen LogP contribution < -0.4 is 10.9 Å². The Bertz CT molecular complexity index is 1020. The van der Waals surface area contributed by atoms with Crippen molar-refractivity contribution in [1.29, 1.82) is 0 Å². The number of benzene rings is 2. The van der Waals surface area contributed by atoms with Crippen molar-refractivity contribution in [2.75, 3.05) is 6.61 Å². The summed E-state index contributed by atoms with van der Waals surface area (Å²) in [4.78, 5) is 24.4. The van der Waals surface area contributed by atoms with Crippen molar-refractivity contribution >= 4 is 16.9 Å². The second-order valence-electron chi connectivity index (χ2n) is 6.43.